The summed E-state index contributed by atoms with van der Waals surface area (Å²) in [6, 6.07) is 5.89. The van der Waals surface area contributed by atoms with Crippen LogP contribution in [0.1, 0.15) is 5.69 Å². The van der Waals surface area contributed by atoms with Gasteiger partial charge in [0.05, 0.1) is 0 Å². The van der Waals surface area contributed by atoms with Crippen molar-refractivity contribution in [2.24, 2.45) is 0 Å². The van der Waals surface area contributed by atoms with Gasteiger partial charge in [-0.25, -0.2) is 4.98 Å². The molecule has 1 N–H and O–H groups in total. The van der Waals surface area contributed by atoms with Gasteiger partial charge in [-0.15, -0.1) is 12.4 Å². The summed E-state index contributed by atoms with van der Waals surface area (Å²) in [6.07, 6.45) is 0. The molecule has 0 saturated carbocycles. The van der Waals surface area contributed by atoms with E-state index in [-0.39, 0.29) is 12.4 Å². The van der Waals surface area contributed by atoms with Gasteiger partial charge in [-0.1, -0.05) is 6.07 Å². The quantitative estimate of drug-likeness (QED) is 0.675. The summed E-state index contributed by atoms with van der Waals surface area (Å²) in [4.78, 5) is 4.18. The van der Waals surface area contributed by atoms with Crippen molar-refractivity contribution in [3.05, 3.63) is 23.9 Å². The molecule has 10 heavy (non-hydrogen) atoms. The smallest absolute Gasteiger partial charge is 0.125 e. The van der Waals surface area contributed by atoms with Gasteiger partial charge >= 0.3 is 0 Å². The van der Waals surface area contributed by atoms with Crippen molar-refractivity contribution < 1.29 is 0 Å². The SMILES string of the molecule is CNc1cccc(C)n1.Cl. The largest absolute Gasteiger partial charge is 0.373 e. The molecule has 0 atom stereocenters. The van der Waals surface area contributed by atoms with E-state index in [1.165, 1.54) is 0 Å². The summed E-state index contributed by atoms with van der Waals surface area (Å²) < 4.78 is 0. The fraction of sp³-hybridized carbons (Fsp3) is 0.286. The first-order valence-electron chi connectivity index (χ1n) is 2.94. The summed E-state index contributed by atoms with van der Waals surface area (Å²) in [5, 5.41) is 2.96. The van der Waals surface area contributed by atoms with E-state index in [1.54, 1.807) is 0 Å². The first kappa shape index (κ1) is 9.24. The van der Waals surface area contributed by atoms with Crippen LogP contribution in [-0.4, -0.2) is 12.0 Å². The van der Waals surface area contributed by atoms with E-state index in [4.69, 9.17) is 0 Å². The zero-order chi connectivity index (χ0) is 6.69. The van der Waals surface area contributed by atoms with Gasteiger partial charge in [0.2, 0.25) is 0 Å². The Morgan fingerprint density at radius 3 is 2.50 bits per heavy atom. The second kappa shape index (κ2) is 4.12. The molecule has 0 amide bonds. The molecule has 0 unspecified atom stereocenters. The second-order valence-corrected chi connectivity index (χ2v) is 1.91. The normalized spacial score (nSPS) is 8.20. The summed E-state index contributed by atoms with van der Waals surface area (Å²) >= 11 is 0. The first-order valence-corrected chi connectivity index (χ1v) is 2.94. The van der Waals surface area contributed by atoms with E-state index in [1.807, 2.05) is 32.2 Å². The Hall–Kier alpha value is -0.760. The van der Waals surface area contributed by atoms with Crippen molar-refractivity contribution in [3.63, 3.8) is 0 Å². The third-order valence-corrected chi connectivity index (χ3v) is 1.14. The van der Waals surface area contributed by atoms with Gasteiger partial charge in [-0.05, 0) is 19.1 Å². The van der Waals surface area contributed by atoms with Crippen LogP contribution in [0.25, 0.3) is 0 Å². The predicted octanol–water partition coefficient (Wildman–Crippen LogP) is 1.85. The lowest BCUT2D eigenvalue weighted by molar-refractivity contribution is 1.19. The van der Waals surface area contributed by atoms with Crippen LogP contribution < -0.4 is 5.32 Å². The number of aromatic nitrogens is 1. The van der Waals surface area contributed by atoms with Crippen molar-refractivity contribution in [1.29, 1.82) is 0 Å². The van der Waals surface area contributed by atoms with Gasteiger partial charge < -0.3 is 5.32 Å². The van der Waals surface area contributed by atoms with Crippen LogP contribution in [0.15, 0.2) is 18.2 Å². The Morgan fingerprint density at radius 2 is 2.10 bits per heavy atom. The van der Waals surface area contributed by atoms with Gasteiger partial charge in [0, 0.05) is 12.7 Å². The van der Waals surface area contributed by atoms with Crippen molar-refractivity contribution >= 4 is 18.2 Å². The lowest BCUT2D eigenvalue weighted by Gasteiger charge is -1.97. The minimum Gasteiger partial charge on any atom is -0.373 e. The molecule has 1 aromatic rings. The van der Waals surface area contributed by atoms with E-state index < -0.39 is 0 Å². The highest BCUT2D eigenvalue weighted by Gasteiger charge is 1.86. The van der Waals surface area contributed by atoms with Gasteiger partial charge in [0.1, 0.15) is 5.82 Å². The second-order valence-electron chi connectivity index (χ2n) is 1.91. The average Bonchev–Trinajstić information content (AvgIpc) is 1.88. The molecule has 1 rings (SSSR count). The predicted molar refractivity (Wildman–Crippen MR) is 45.8 cm³/mol. The standard InChI is InChI=1S/C7H10N2.ClH/c1-6-4-3-5-7(8-2)9-6;/h3-5H,1-2H3,(H,8,9);1H. The zero-order valence-corrected chi connectivity index (χ0v) is 6.90. The molecule has 0 aliphatic carbocycles. The molecule has 0 fully saturated rings. The van der Waals surface area contributed by atoms with Crippen LogP contribution in [0.3, 0.4) is 0 Å². The molecule has 1 aromatic heterocycles. The molecular formula is C7H11ClN2. The van der Waals surface area contributed by atoms with E-state index >= 15 is 0 Å². The number of aryl methyl sites for hydroxylation is 1. The Balaban J connectivity index is 0.000000810. The number of hydrogen-bond donors (Lipinski definition) is 1. The molecule has 0 aliphatic rings. The number of nitrogens with zero attached hydrogens (tertiary/aromatic N) is 1. The molecular weight excluding hydrogens is 148 g/mol. The summed E-state index contributed by atoms with van der Waals surface area (Å²) in [7, 11) is 1.86. The minimum atomic E-state index is 0. The molecule has 0 aromatic carbocycles. The van der Waals surface area contributed by atoms with Crippen LogP contribution in [0, 0.1) is 6.92 Å². The molecule has 0 saturated heterocycles. The van der Waals surface area contributed by atoms with E-state index in [2.05, 4.69) is 10.3 Å². The number of anilines is 1. The third kappa shape index (κ3) is 2.23. The number of halogens is 1. The molecule has 0 spiro atoms. The maximum absolute atomic E-state index is 4.18. The highest BCUT2D eigenvalue weighted by Crippen LogP contribution is 2.00. The van der Waals surface area contributed by atoms with Crippen LogP contribution in [0.2, 0.25) is 0 Å². The maximum atomic E-state index is 4.18. The molecule has 0 bridgehead atoms. The highest BCUT2D eigenvalue weighted by atomic mass is 35.5. The molecule has 1 heterocycles. The Bertz CT molecular complexity index is 201. The van der Waals surface area contributed by atoms with E-state index in [0.29, 0.717) is 0 Å². The van der Waals surface area contributed by atoms with Gasteiger partial charge in [0.15, 0.2) is 0 Å². The highest BCUT2D eigenvalue weighted by molar-refractivity contribution is 5.85. The van der Waals surface area contributed by atoms with Crippen molar-refractivity contribution in [2.75, 3.05) is 12.4 Å². The molecule has 3 heteroatoms. The Labute approximate surface area is 67.1 Å². The fourth-order valence-electron chi connectivity index (χ4n) is 0.682. The summed E-state index contributed by atoms with van der Waals surface area (Å²) in [5.74, 6) is 0.926. The van der Waals surface area contributed by atoms with E-state index in [9.17, 15) is 0 Å². The van der Waals surface area contributed by atoms with Crippen LogP contribution >= 0.6 is 12.4 Å². The van der Waals surface area contributed by atoms with E-state index in [0.717, 1.165) is 11.5 Å². The monoisotopic (exact) mass is 158 g/mol. The van der Waals surface area contributed by atoms with Crippen LogP contribution in [0.5, 0.6) is 0 Å². The Kier molecular flexibility index (Phi) is 3.81. The Morgan fingerprint density at radius 1 is 1.40 bits per heavy atom. The molecule has 0 aliphatic heterocycles. The van der Waals surface area contributed by atoms with Gasteiger partial charge in [0.25, 0.3) is 0 Å². The van der Waals surface area contributed by atoms with Gasteiger partial charge in [-0.3, -0.25) is 0 Å². The van der Waals surface area contributed by atoms with Crippen molar-refractivity contribution in [2.45, 2.75) is 6.92 Å². The number of nitrogens with one attached hydrogen (secondary N) is 1. The summed E-state index contributed by atoms with van der Waals surface area (Å²) in [6.45, 7) is 1.97. The number of pyridine rings is 1. The molecule has 2 nitrogen and oxygen atoms in total. The first-order chi connectivity index (χ1) is 4.33. The van der Waals surface area contributed by atoms with Gasteiger partial charge in [-0.2, -0.15) is 0 Å². The topological polar surface area (TPSA) is 24.9 Å². The number of hydrogen-bond acceptors (Lipinski definition) is 2. The number of rotatable bonds is 1. The summed E-state index contributed by atoms with van der Waals surface area (Å²) in [5.41, 5.74) is 1.04. The van der Waals surface area contributed by atoms with Crippen LogP contribution in [-0.2, 0) is 0 Å². The lowest BCUT2D eigenvalue weighted by Crippen LogP contribution is -1.91. The molecule has 0 radical (unpaired) electrons. The van der Waals surface area contributed by atoms with Crippen molar-refractivity contribution in [1.82, 2.24) is 4.98 Å². The van der Waals surface area contributed by atoms with Crippen molar-refractivity contribution in [3.8, 4) is 0 Å². The maximum Gasteiger partial charge on any atom is 0.125 e. The molecule has 56 valence electrons. The average molecular weight is 159 g/mol. The third-order valence-electron chi connectivity index (χ3n) is 1.14. The minimum absolute atomic E-state index is 0. The van der Waals surface area contributed by atoms with Crippen LogP contribution in [0.4, 0.5) is 5.82 Å². The zero-order valence-electron chi connectivity index (χ0n) is 6.09. The lowest BCUT2D eigenvalue weighted by atomic mass is 10.4. The fourth-order valence-corrected chi connectivity index (χ4v) is 0.682.